The highest BCUT2D eigenvalue weighted by Gasteiger charge is 2.39. The lowest BCUT2D eigenvalue weighted by Gasteiger charge is -2.26. The van der Waals surface area contributed by atoms with Gasteiger partial charge in [0, 0.05) is 24.8 Å². The number of para-hydroxylation sites is 2. The number of carboxylic acids is 2. The molecule has 0 unspecified atom stereocenters. The monoisotopic (exact) mass is 635 g/mol. The van der Waals surface area contributed by atoms with E-state index in [1.54, 1.807) is 12.3 Å². The number of amides is 1. The number of likely N-dealkylation sites (N-methyl/N-ethyl adjacent to an activating group) is 1. The maximum atomic E-state index is 12.9. The Morgan fingerprint density at radius 1 is 0.955 bits per heavy atom. The zero-order chi connectivity index (χ0) is 33.1. The zero-order valence-electron chi connectivity index (χ0n) is 23.0. The van der Waals surface area contributed by atoms with Gasteiger partial charge >= 0.3 is 24.3 Å². The number of fused-ring (bicyclic) bond motifs is 1. The van der Waals surface area contributed by atoms with E-state index < -0.39 is 30.4 Å². The Bertz CT molecular complexity index is 1370. The van der Waals surface area contributed by atoms with E-state index in [4.69, 9.17) is 29.3 Å². The molecule has 2 aromatic carbocycles. The molecule has 2 heterocycles. The number of H-pyrrole nitrogens is 1. The number of nitrogens with zero attached hydrogens (tertiary/aromatic N) is 2. The summed E-state index contributed by atoms with van der Waals surface area (Å²) < 4.78 is 75.0. The first-order valence-electron chi connectivity index (χ1n) is 12.3. The molecule has 0 bridgehead atoms. The maximum absolute atomic E-state index is 12.9. The fraction of sp³-hybridized carbons (Fsp3) is 0.308. The largest absolute Gasteiger partial charge is 0.490 e. The van der Waals surface area contributed by atoms with Gasteiger partial charge in [-0.2, -0.15) is 31.4 Å². The van der Waals surface area contributed by atoms with Crippen molar-refractivity contribution in [1.29, 1.82) is 0 Å². The average Bonchev–Trinajstić information content (AvgIpc) is 3.48. The number of carboxylic acid groups (broad SMARTS) is 2. The van der Waals surface area contributed by atoms with Crippen LogP contribution in [0.25, 0.3) is 11.1 Å². The second-order valence-electron chi connectivity index (χ2n) is 8.94. The van der Waals surface area contributed by atoms with Gasteiger partial charge in [-0.25, -0.2) is 9.59 Å². The van der Waals surface area contributed by atoms with Crippen molar-refractivity contribution in [1.82, 2.24) is 15.1 Å². The number of carbonyl (C=O) groups excluding carboxylic acids is 1. The van der Waals surface area contributed by atoms with E-state index in [2.05, 4.69) is 25.7 Å². The molecule has 12 nitrogen and oxygen atoms in total. The lowest BCUT2D eigenvalue weighted by Crippen LogP contribution is -2.40. The van der Waals surface area contributed by atoms with Crippen molar-refractivity contribution in [2.75, 3.05) is 44.4 Å². The Labute approximate surface area is 245 Å². The number of rotatable bonds is 7. The number of aromatic nitrogens is 2. The number of benzene rings is 2. The molecule has 0 saturated heterocycles. The number of carbonyl (C=O) groups is 3. The van der Waals surface area contributed by atoms with E-state index in [1.165, 1.54) is 0 Å². The molecule has 4 rings (SSSR count). The van der Waals surface area contributed by atoms with Gasteiger partial charge in [0.1, 0.15) is 6.61 Å². The van der Waals surface area contributed by atoms with Crippen LogP contribution in [0.5, 0.6) is 11.5 Å². The van der Waals surface area contributed by atoms with Crippen molar-refractivity contribution in [3.8, 4) is 22.6 Å². The summed E-state index contributed by atoms with van der Waals surface area (Å²) >= 11 is 0. The van der Waals surface area contributed by atoms with Crippen molar-refractivity contribution in [3.63, 3.8) is 0 Å². The molecular formula is C26H27F6N5O7. The van der Waals surface area contributed by atoms with Gasteiger partial charge in [0.2, 0.25) is 6.10 Å². The van der Waals surface area contributed by atoms with Crippen molar-refractivity contribution in [2.45, 2.75) is 18.5 Å². The summed E-state index contributed by atoms with van der Waals surface area (Å²) in [5.41, 5.74) is 3.50. The molecule has 0 aliphatic carbocycles. The quantitative estimate of drug-likeness (QED) is 0.239. The van der Waals surface area contributed by atoms with E-state index in [-0.39, 0.29) is 12.5 Å². The standard InChI is InChI=1S/C22H25N5O3.2C2HF3O2/c1-27(2)10-9-23-18-11-15(16-12-24-25-13-16)7-8-17(18)26-22(28)21-14-29-19-5-3-4-6-20(19)30-21;2*3-2(4,5)1(6)7/h3-8,11-13,21,23H,9-10,14H2,1-2H3,(H,24,25)(H,26,28);2*(H,6,7)/t21-;;/m0../s1. The summed E-state index contributed by atoms with van der Waals surface area (Å²) in [4.78, 5) is 32.7. The van der Waals surface area contributed by atoms with Crippen molar-refractivity contribution >= 4 is 29.2 Å². The van der Waals surface area contributed by atoms with Gasteiger partial charge in [-0.05, 0) is 43.9 Å². The van der Waals surface area contributed by atoms with E-state index in [0.29, 0.717) is 17.2 Å². The normalized spacial score (nSPS) is 13.9. The highest BCUT2D eigenvalue weighted by atomic mass is 19.4. The highest BCUT2D eigenvalue weighted by molar-refractivity contribution is 5.98. The van der Waals surface area contributed by atoms with E-state index in [1.807, 2.05) is 56.7 Å². The molecule has 0 fully saturated rings. The molecule has 0 radical (unpaired) electrons. The van der Waals surface area contributed by atoms with Gasteiger partial charge in [-0.15, -0.1) is 0 Å². The Morgan fingerprint density at radius 2 is 1.55 bits per heavy atom. The van der Waals surface area contributed by atoms with Gasteiger partial charge in [-0.1, -0.05) is 18.2 Å². The predicted molar refractivity (Wildman–Crippen MR) is 143 cm³/mol. The summed E-state index contributed by atoms with van der Waals surface area (Å²) in [6, 6.07) is 13.2. The molecule has 1 aliphatic rings. The molecule has 240 valence electrons. The minimum absolute atomic E-state index is 0.166. The van der Waals surface area contributed by atoms with Crippen LogP contribution >= 0.6 is 0 Å². The molecule has 3 aromatic rings. The Hall–Kier alpha value is -5.00. The van der Waals surface area contributed by atoms with Crippen LogP contribution in [-0.4, -0.2) is 95.4 Å². The van der Waals surface area contributed by atoms with Crippen LogP contribution in [0.2, 0.25) is 0 Å². The molecule has 0 spiro atoms. The van der Waals surface area contributed by atoms with Crippen LogP contribution in [-0.2, 0) is 14.4 Å². The lowest BCUT2D eigenvalue weighted by molar-refractivity contribution is -0.193. The first-order chi connectivity index (χ1) is 20.5. The number of alkyl halides is 6. The smallest absolute Gasteiger partial charge is 0.485 e. The van der Waals surface area contributed by atoms with E-state index in [9.17, 15) is 31.1 Å². The Balaban J connectivity index is 0.000000402. The van der Waals surface area contributed by atoms with E-state index in [0.717, 1.165) is 29.9 Å². The average molecular weight is 636 g/mol. The molecule has 1 aliphatic heterocycles. The number of aliphatic carboxylic acids is 2. The minimum Gasteiger partial charge on any atom is -0.485 e. The van der Waals surface area contributed by atoms with Crippen molar-refractivity contribution in [3.05, 3.63) is 54.9 Å². The van der Waals surface area contributed by atoms with Gasteiger partial charge in [0.15, 0.2) is 11.5 Å². The molecular weight excluding hydrogens is 608 g/mol. The Morgan fingerprint density at radius 3 is 2.07 bits per heavy atom. The number of nitrogens with one attached hydrogen (secondary N) is 3. The second kappa shape index (κ2) is 15.5. The molecule has 1 atom stereocenters. The van der Waals surface area contributed by atoms with Crippen LogP contribution in [0, 0.1) is 0 Å². The first kappa shape index (κ1) is 35.2. The minimum atomic E-state index is -5.08. The number of aromatic amines is 1. The summed E-state index contributed by atoms with van der Waals surface area (Å²) in [5.74, 6) is -4.54. The van der Waals surface area contributed by atoms with Crippen molar-refractivity contribution < 1.29 is 60.4 Å². The van der Waals surface area contributed by atoms with Crippen LogP contribution in [0.1, 0.15) is 0 Å². The van der Waals surface area contributed by atoms with Crippen LogP contribution < -0.4 is 20.1 Å². The fourth-order valence-electron chi connectivity index (χ4n) is 3.16. The SMILES string of the molecule is CN(C)CCNc1cc(-c2cn[nH]c2)ccc1NC(=O)[C@@H]1COc2ccccc2O1.O=C(O)C(F)(F)F.O=C(O)C(F)(F)F. The third-order valence-corrected chi connectivity index (χ3v) is 5.27. The van der Waals surface area contributed by atoms with Crippen LogP contribution in [0.4, 0.5) is 37.7 Å². The predicted octanol–water partition coefficient (Wildman–Crippen LogP) is 4.10. The van der Waals surface area contributed by atoms with Gasteiger partial charge in [-0.3, -0.25) is 9.89 Å². The number of halogens is 6. The molecule has 0 saturated carbocycles. The number of ether oxygens (including phenoxy) is 2. The maximum Gasteiger partial charge on any atom is 0.490 e. The van der Waals surface area contributed by atoms with E-state index >= 15 is 0 Å². The van der Waals surface area contributed by atoms with Gasteiger partial charge in [0.05, 0.1) is 17.6 Å². The van der Waals surface area contributed by atoms with Crippen LogP contribution in [0.15, 0.2) is 54.9 Å². The molecule has 1 aromatic heterocycles. The molecule has 5 N–H and O–H groups in total. The van der Waals surface area contributed by atoms with Gasteiger partial charge in [0.25, 0.3) is 5.91 Å². The lowest BCUT2D eigenvalue weighted by atomic mass is 10.1. The van der Waals surface area contributed by atoms with Gasteiger partial charge < -0.3 is 35.2 Å². The number of anilines is 2. The topological polar surface area (TPSA) is 166 Å². The summed E-state index contributed by atoms with van der Waals surface area (Å²) in [6.45, 7) is 1.76. The Kier molecular flexibility index (Phi) is 12.4. The summed E-state index contributed by atoms with van der Waals surface area (Å²) in [6.07, 6.45) is -7.29. The summed E-state index contributed by atoms with van der Waals surface area (Å²) in [7, 11) is 4.04. The highest BCUT2D eigenvalue weighted by Crippen LogP contribution is 2.32. The van der Waals surface area contributed by atoms with Crippen molar-refractivity contribution in [2.24, 2.45) is 0 Å². The molecule has 1 amide bonds. The second-order valence-corrected chi connectivity index (χ2v) is 8.94. The summed E-state index contributed by atoms with van der Waals surface area (Å²) in [5, 5.41) is 27.5. The van der Waals surface area contributed by atoms with Crippen LogP contribution in [0.3, 0.4) is 0 Å². The molecule has 18 heteroatoms. The number of hydrogen-bond donors (Lipinski definition) is 5. The fourth-order valence-corrected chi connectivity index (χ4v) is 3.16. The zero-order valence-corrected chi connectivity index (χ0v) is 23.0. The first-order valence-corrected chi connectivity index (χ1v) is 12.3. The third-order valence-electron chi connectivity index (χ3n) is 5.27. The molecule has 44 heavy (non-hydrogen) atoms. The third kappa shape index (κ3) is 11.3. The number of hydrogen-bond acceptors (Lipinski definition) is 8.